The van der Waals surface area contributed by atoms with Crippen molar-refractivity contribution >= 4 is 22.7 Å². The average Bonchev–Trinajstić information content (AvgIpc) is 3.41. The normalized spacial score (nSPS) is 11.4. The minimum Gasteiger partial charge on any atom is -0.493 e. The quantitative estimate of drug-likeness (QED) is 0.212. The molecule has 0 atom stereocenters. The molecule has 0 unspecified atom stereocenters. The van der Waals surface area contributed by atoms with E-state index in [0.29, 0.717) is 30.9 Å². The molecular formula is C32H34F3N3O4. The summed E-state index contributed by atoms with van der Waals surface area (Å²) in [5.74, 6) is 0.318. The number of hydrogen-bond donors (Lipinski definition) is 1. The van der Waals surface area contributed by atoms with Crippen LogP contribution >= 0.6 is 0 Å². The molecule has 10 heteroatoms. The van der Waals surface area contributed by atoms with Gasteiger partial charge in [0.25, 0.3) is 5.91 Å². The summed E-state index contributed by atoms with van der Waals surface area (Å²) < 4.78 is 49.9. The van der Waals surface area contributed by atoms with Gasteiger partial charge in [0, 0.05) is 42.3 Å². The number of aromatic nitrogens is 1. The number of amides is 2. The molecule has 1 aromatic heterocycles. The van der Waals surface area contributed by atoms with Gasteiger partial charge >= 0.3 is 6.18 Å². The lowest BCUT2D eigenvalue weighted by Crippen LogP contribution is -2.43. The van der Waals surface area contributed by atoms with Crippen molar-refractivity contribution in [2.45, 2.75) is 32.5 Å². The minimum absolute atomic E-state index is 0.0921. The third kappa shape index (κ3) is 7.23. The third-order valence-corrected chi connectivity index (χ3v) is 7.07. The van der Waals surface area contributed by atoms with E-state index in [9.17, 15) is 22.8 Å². The summed E-state index contributed by atoms with van der Waals surface area (Å²) in [6, 6.07) is 17.4. The Morgan fingerprint density at radius 2 is 1.60 bits per heavy atom. The highest BCUT2D eigenvalue weighted by Gasteiger charge is 2.31. The zero-order valence-electron chi connectivity index (χ0n) is 23.8. The van der Waals surface area contributed by atoms with Gasteiger partial charge in [0.2, 0.25) is 5.91 Å². The first-order valence-corrected chi connectivity index (χ1v) is 13.6. The number of hydrogen-bond acceptors (Lipinski definition) is 4. The second-order valence-corrected chi connectivity index (χ2v) is 9.92. The molecule has 7 nitrogen and oxygen atoms in total. The Morgan fingerprint density at radius 3 is 2.26 bits per heavy atom. The Morgan fingerprint density at radius 1 is 0.881 bits per heavy atom. The van der Waals surface area contributed by atoms with Crippen LogP contribution in [0.15, 0.2) is 72.9 Å². The molecule has 0 bridgehead atoms. The molecule has 0 aliphatic carbocycles. The first kappa shape index (κ1) is 30.5. The number of ether oxygens (including phenoxy) is 2. The number of alkyl halides is 3. The fourth-order valence-corrected chi connectivity index (χ4v) is 4.86. The lowest BCUT2D eigenvalue weighted by Gasteiger charge is -2.28. The van der Waals surface area contributed by atoms with Crippen molar-refractivity contribution in [1.29, 1.82) is 0 Å². The van der Waals surface area contributed by atoms with E-state index in [-0.39, 0.29) is 31.1 Å². The topological polar surface area (TPSA) is 74.9 Å². The Labute approximate surface area is 242 Å². The van der Waals surface area contributed by atoms with E-state index in [1.165, 1.54) is 12.0 Å². The van der Waals surface area contributed by atoms with Gasteiger partial charge in [-0.25, -0.2) is 0 Å². The molecule has 0 saturated heterocycles. The van der Waals surface area contributed by atoms with Crippen molar-refractivity contribution in [2.75, 3.05) is 33.9 Å². The van der Waals surface area contributed by atoms with E-state index in [2.05, 4.69) is 4.98 Å². The van der Waals surface area contributed by atoms with Crippen LogP contribution in [0.2, 0.25) is 0 Å². The molecular weight excluding hydrogens is 547 g/mol. The largest absolute Gasteiger partial charge is 0.493 e. The number of nitrogens with one attached hydrogen (secondary N) is 1. The van der Waals surface area contributed by atoms with Gasteiger partial charge in [-0.3, -0.25) is 9.59 Å². The smallest absolute Gasteiger partial charge is 0.416 e. The fourth-order valence-electron chi connectivity index (χ4n) is 4.86. The Bertz CT molecular complexity index is 1520. The molecule has 222 valence electrons. The van der Waals surface area contributed by atoms with Crippen molar-refractivity contribution in [3.8, 4) is 11.5 Å². The van der Waals surface area contributed by atoms with Crippen LogP contribution in [0.3, 0.4) is 0 Å². The van der Waals surface area contributed by atoms with Gasteiger partial charge in [0.15, 0.2) is 11.5 Å². The lowest BCUT2D eigenvalue weighted by molar-refractivity contribution is -0.137. The van der Waals surface area contributed by atoms with Crippen LogP contribution in [0.5, 0.6) is 11.5 Å². The highest BCUT2D eigenvalue weighted by molar-refractivity contribution is 5.96. The van der Waals surface area contributed by atoms with Crippen molar-refractivity contribution in [2.24, 2.45) is 0 Å². The third-order valence-electron chi connectivity index (χ3n) is 7.07. The number of methoxy groups -OCH3 is 2. The molecule has 3 aromatic carbocycles. The summed E-state index contributed by atoms with van der Waals surface area (Å²) in [4.78, 5) is 33.4. The van der Waals surface area contributed by atoms with Crippen molar-refractivity contribution in [3.63, 3.8) is 0 Å². The van der Waals surface area contributed by atoms with E-state index in [4.69, 9.17) is 9.47 Å². The molecule has 0 radical (unpaired) electrons. The summed E-state index contributed by atoms with van der Waals surface area (Å²) in [5, 5.41) is 1.07. The first-order valence-electron chi connectivity index (χ1n) is 13.6. The molecule has 42 heavy (non-hydrogen) atoms. The highest BCUT2D eigenvalue weighted by atomic mass is 19.4. The van der Waals surface area contributed by atoms with Crippen LogP contribution < -0.4 is 9.47 Å². The van der Waals surface area contributed by atoms with E-state index in [0.717, 1.165) is 46.3 Å². The molecule has 4 rings (SSSR count). The molecule has 1 N–H and O–H groups in total. The molecule has 2 amide bonds. The SMILES string of the molecule is CCCN(CC(=O)N(CCc1c[nH]c2ccccc12)Cc1ccc(OC)c(OC)c1)C(=O)c1ccc(C(F)(F)F)cc1. The standard InChI is InChI=1S/C32H34F3N3O4/c1-4-16-38(31(40)23-10-12-25(13-11-23)32(33,34)35)21-30(39)37(20-22-9-14-28(41-2)29(18-22)42-3)17-15-24-19-36-27-8-6-5-7-26(24)27/h5-14,18-19,36H,4,15-17,20-21H2,1-3H3. The number of nitrogens with zero attached hydrogens (tertiary/aromatic N) is 2. The first-order chi connectivity index (χ1) is 20.1. The van der Waals surface area contributed by atoms with Gasteiger partial charge in [-0.05, 0) is 66.4 Å². The van der Waals surface area contributed by atoms with Gasteiger partial charge in [-0.15, -0.1) is 0 Å². The molecule has 1 heterocycles. The van der Waals surface area contributed by atoms with Crippen LogP contribution in [0.25, 0.3) is 10.9 Å². The Hall–Kier alpha value is -4.47. The number of para-hydroxylation sites is 1. The lowest BCUT2D eigenvalue weighted by atomic mass is 10.1. The summed E-state index contributed by atoms with van der Waals surface area (Å²) in [6.45, 7) is 2.57. The number of H-pyrrole nitrogens is 1. The molecule has 0 aliphatic rings. The van der Waals surface area contributed by atoms with Crippen molar-refractivity contribution in [3.05, 3.63) is 95.2 Å². The van der Waals surface area contributed by atoms with Crippen LogP contribution in [-0.4, -0.2) is 60.5 Å². The van der Waals surface area contributed by atoms with E-state index < -0.39 is 17.6 Å². The van der Waals surface area contributed by atoms with Gasteiger partial charge in [-0.1, -0.05) is 31.2 Å². The predicted octanol–water partition coefficient (Wildman–Crippen LogP) is 6.33. The summed E-state index contributed by atoms with van der Waals surface area (Å²) >= 11 is 0. The Balaban J connectivity index is 1.57. The minimum atomic E-state index is -4.50. The van der Waals surface area contributed by atoms with Crippen LogP contribution in [0.1, 0.15) is 40.4 Å². The number of benzene rings is 3. The predicted molar refractivity (Wildman–Crippen MR) is 155 cm³/mol. The van der Waals surface area contributed by atoms with Crippen molar-refractivity contribution in [1.82, 2.24) is 14.8 Å². The van der Waals surface area contributed by atoms with E-state index in [1.54, 1.807) is 18.1 Å². The van der Waals surface area contributed by atoms with Gasteiger partial charge in [0.05, 0.1) is 19.8 Å². The highest BCUT2D eigenvalue weighted by Crippen LogP contribution is 2.30. The number of carbonyl (C=O) groups is 2. The van der Waals surface area contributed by atoms with Crippen LogP contribution in [0, 0.1) is 0 Å². The van der Waals surface area contributed by atoms with Gasteiger partial charge < -0.3 is 24.3 Å². The maximum atomic E-state index is 13.8. The summed E-state index contributed by atoms with van der Waals surface area (Å²) in [5.41, 5.74) is 2.13. The molecule has 0 spiro atoms. The second kappa shape index (κ2) is 13.5. The number of rotatable bonds is 12. The van der Waals surface area contributed by atoms with Crippen LogP contribution in [0.4, 0.5) is 13.2 Å². The average molecular weight is 582 g/mol. The fraction of sp³-hybridized carbons (Fsp3) is 0.312. The number of aromatic amines is 1. The second-order valence-electron chi connectivity index (χ2n) is 9.92. The monoisotopic (exact) mass is 581 g/mol. The van der Waals surface area contributed by atoms with Crippen molar-refractivity contribution < 1.29 is 32.2 Å². The maximum Gasteiger partial charge on any atom is 0.416 e. The van der Waals surface area contributed by atoms with Crippen LogP contribution in [-0.2, 0) is 23.9 Å². The molecule has 0 saturated carbocycles. The van der Waals surface area contributed by atoms with E-state index >= 15 is 0 Å². The number of halogens is 3. The maximum absolute atomic E-state index is 13.8. The van der Waals surface area contributed by atoms with E-state index in [1.807, 2.05) is 49.5 Å². The molecule has 0 aliphatic heterocycles. The van der Waals surface area contributed by atoms with Gasteiger partial charge in [0.1, 0.15) is 6.54 Å². The Kier molecular flexibility index (Phi) is 9.77. The summed E-state index contributed by atoms with van der Waals surface area (Å²) in [6.07, 6.45) is -1.42. The number of carbonyl (C=O) groups excluding carboxylic acids is 2. The number of fused-ring (bicyclic) bond motifs is 1. The zero-order valence-corrected chi connectivity index (χ0v) is 23.8. The zero-order chi connectivity index (χ0) is 30.3. The molecule has 0 fully saturated rings. The van der Waals surface area contributed by atoms with Gasteiger partial charge in [-0.2, -0.15) is 13.2 Å². The summed E-state index contributed by atoms with van der Waals surface area (Å²) in [7, 11) is 3.08. The molecule has 4 aromatic rings.